The molecule has 0 aromatic heterocycles. The minimum absolute atomic E-state index is 0.00954. The number of nitrogens with zero attached hydrogens (tertiary/aromatic N) is 1. The van der Waals surface area contributed by atoms with Gasteiger partial charge in [0.25, 0.3) is 0 Å². The molecule has 1 fully saturated rings. The molecule has 4 nitrogen and oxygen atoms in total. The highest BCUT2D eigenvalue weighted by atomic mass is 16.3. The van der Waals surface area contributed by atoms with Gasteiger partial charge in [-0.05, 0) is 13.5 Å². The predicted molar refractivity (Wildman–Crippen MR) is 50.3 cm³/mol. The predicted octanol–water partition coefficient (Wildman–Crippen LogP) is -0.565. The van der Waals surface area contributed by atoms with E-state index in [-0.39, 0.29) is 17.9 Å². The third-order valence-corrected chi connectivity index (χ3v) is 2.41. The molecule has 1 aliphatic rings. The zero-order valence-electron chi connectivity index (χ0n) is 8.29. The number of nitrogens with one attached hydrogen (secondary N) is 1. The molecular formula is C9H18N2O2. The van der Waals surface area contributed by atoms with Crippen LogP contribution in [0.3, 0.4) is 0 Å². The first-order valence-corrected chi connectivity index (χ1v) is 4.76. The van der Waals surface area contributed by atoms with Crippen LogP contribution >= 0.6 is 0 Å². The Morgan fingerprint density at radius 3 is 2.92 bits per heavy atom. The van der Waals surface area contributed by atoms with Crippen LogP contribution in [-0.4, -0.2) is 48.7 Å². The van der Waals surface area contributed by atoms with Crippen LogP contribution in [0.4, 0.5) is 0 Å². The van der Waals surface area contributed by atoms with Gasteiger partial charge in [0.05, 0.1) is 6.10 Å². The summed E-state index contributed by atoms with van der Waals surface area (Å²) in [5.74, 6) is 0.154. The van der Waals surface area contributed by atoms with E-state index in [1.165, 1.54) is 0 Å². The molecule has 2 N–H and O–H groups in total. The molecule has 0 aliphatic carbocycles. The molecule has 1 rings (SSSR count). The van der Waals surface area contributed by atoms with Crippen LogP contribution in [0.5, 0.6) is 0 Å². The standard InChI is InChI=1S/C9H18N2O2/c1-7(5-10-2)9(13)11-4-3-8(12)6-11/h7-8,10,12H,3-6H2,1-2H3/t7?,8-/m1/s1. The summed E-state index contributed by atoms with van der Waals surface area (Å²) in [6, 6.07) is 0. The Morgan fingerprint density at radius 2 is 2.46 bits per heavy atom. The first-order valence-electron chi connectivity index (χ1n) is 4.76. The van der Waals surface area contributed by atoms with E-state index in [1.807, 2.05) is 14.0 Å². The number of rotatable bonds is 3. The van der Waals surface area contributed by atoms with Crippen LogP contribution in [0.25, 0.3) is 0 Å². The molecule has 2 atom stereocenters. The maximum atomic E-state index is 11.7. The topological polar surface area (TPSA) is 52.6 Å². The molecule has 1 unspecified atom stereocenters. The highest BCUT2D eigenvalue weighted by Crippen LogP contribution is 2.12. The lowest BCUT2D eigenvalue weighted by molar-refractivity contribution is -0.134. The number of amides is 1. The molecule has 4 heteroatoms. The summed E-state index contributed by atoms with van der Waals surface area (Å²) < 4.78 is 0. The van der Waals surface area contributed by atoms with Gasteiger partial charge in [-0.2, -0.15) is 0 Å². The number of likely N-dealkylation sites (tertiary alicyclic amines) is 1. The van der Waals surface area contributed by atoms with Crippen LogP contribution in [0.2, 0.25) is 0 Å². The van der Waals surface area contributed by atoms with Crippen molar-refractivity contribution in [2.24, 2.45) is 5.92 Å². The minimum Gasteiger partial charge on any atom is -0.391 e. The van der Waals surface area contributed by atoms with Crippen molar-refractivity contribution in [3.63, 3.8) is 0 Å². The maximum Gasteiger partial charge on any atom is 0.226 e. The average Bonchev–Trinajstić information content (AvgIpc) is 2.51. The summed E-state index contributed by atoms with van der Waals surface area (Å²) in [5, 5.41) is 12.2. The fraction of sp³-hybridized carbons (Fsp3) is 0.889. The third kappa shape index (κ3) is 2.67. The summed E-state index contributed by atoms with van der Waals surface area (Å²) in [4.78, 5) is 13.4. The molecule has 0 spiro atoms. The molecule has 1 heterocycles. The Hall–Kier alpha value is -0.610. The van der Waals surface area contributed by atoms with E-state index in [0.29, 0.717) is 19.6 Å². The smallest absolute Gasteiger partial charge is 0.226 e. The quantitative estimate of drug-likeness (QED) is 0.621. The molecular weight excluding hydrogens is 168 g/mol. The Labute approximate surface area is 78.9 Å². The van der Waals surface area contributed by atoms with Crippen LogP contribution in [0, 0.1) is 5.92 Å². The van der Waals surface area contributed by atoms with Crippen molar-refractivity contribution in [2.45, 2.75) is 19.4 Å². The van der Waals surface area contributed by atoms with Crippen molar-refractivity contribution in [1.82, 2.24) is 10.2 Å². The number of β-amino-alcohol motifs (C(OH)–C–C–N with tert-alkyl or cyclic N) is 1. The van der Waals surface area contributed by atoms with Crippen molar-refractivity contribution < 1.29 is 9.90 Å². The zero-order chi connectivity index (χ0) is 9.84. The van der Waals surface area contributed by atoms with Crippen molar-refractivity contribution in [3.8, 4) is 0 Å². The van der Waals surface area contributed by atoms with Gasteiger partial charge in [-0.15, -0.1) is 0 Å². The van der Waals surface area contributed by atoms with Crippen molar-refractivity contribution in [1.29, 1.82) is 0 Å². The van der Waals surface area contributed by atoms with Crippen molar-refractivity contribution in [3.05, 3.63) is 0 Å². The van der Waals surface area contributed by atoms with E-state index in [0.717, 1.165) is 6.42 Å². The summed E-state index contributed by atoms with van der Waals surface area (Å²) in [6.07, 6.45) is 0.406. The monoisotopic (exact) mass is 186 g/mol. The maximum absolute atomic E-state index is 11.7. The summed E-state index contributed by atoms with van der Waals surface area (Å²) in [5.41, 5.74) is 0. The average molecular weight is 186 g/mol. The lowest BCUT2D eigenvalue weighted by Crippen LogP contribution is -2.37. The van der Waals surface area contributed by atoms with Crippen molar-refractivity contribution >= 4 is 5.91 Å². The number of aliphatic hydroxyl groups excluding tert-OH is 1. The summed E-state index contributed by atoms with van der Waals surface area (Å²) in [6.45, 7) is 3.82. The Bertz CT molecular complexity index is 184. The lowest BCUT2D eigenvalue weighted by Gasteiger charge is -2.19. The molecule has 0 saturated carbocycles. The Morgan fingerprint density at radius 1 is 1.77 bits per heavy atom. The number of hydrogen-bond donors (Lipinski definition) is 2. The number of hydrogen-bond acceptors (Lipinski definition) is 3. The highest BCUT2D eigenvalue weighted by molar-refractivity contribution is 5.79. The first kappa shape index (κ1) is 10.5. The fourth-order valence-corrected chi connectivity index (χ4v) is 1.65. The van der Waals surface area contributed by atoms with Gasteiger partial charge in [-0.1, -0.05) is 6.92 Å². The molecule has 76 valence electrons. The summed E-state index contributed by atoms with van der Waals surface area (Å²) >= 11 is 0. The lowest BCUT2D eigenvalue weighted by atomic mass is 10.1. The van der Waals surface area contributed by atoms with Crippen LogP contribution < -0.4 is 5.32 Å². The SMILES string of the molecule is CNCC(C)C(=O)N1CC[C@@H](O)C1. The van der Waals surface area contributed by atoms with Gasteiger partial charge in [-0.25, -0.2) is 0 Å². The number of carbonyl (C=O) groups excluding carboxylic acids is 1. The first-order chi connectivity index (χ1) is 6.15. The van der Waals surface area contributed by atoms with E-state index in [4.69, 9.17) is 0 Å². The van der Waals surface area contributed by atoms with Gasteiger partial charge in [0.1, 0.15) is 0 Å². The molecule has 1 amide bonds. The molecule has 13 heavy (non-hydrogen) atoms. The highest BCUT2D eigenvalue weighted by Gasteiger charge is 2.27. The second kappa shape index (κ2) is 4.58. The van der Waals surface area contributed by atoms with Crippen LogP contribution in [0.15, 0.2) is 0 Å². The largest absolute Gasteiger partial charge is 0.391 e. The van der Waals surface area contributed by atoms with Gasteiger partial charge in [0, 0.05) is 25.6 Å². The molecule has 0 radical (unpaired) electrons. The van der Waals surface area contributed by atoms with E-state index in [2.05, 4.69) is 5.32 Å². The Balaban J connectivity index is 2.38. The third-order valence-electron chi connectivity index (χ3n) is 2.41. The Kier molecular flexibility index (Phi) is 3.69. The van der Waals surface area contributed by atoms with Gasteiger partial charge in [0.15, 0.2) is 0 Å². The number of aliphatic hydroxyl groups is 1. The van der Waals surface area contributed by atoms with Crippen LogP contribution in [-0.2, 0) is 4.79 Å². The fourth-order valence-electron chi connectivity index (χ4n) is 1.65. The van der Waals surface area contributed by atoms with Crippen LogP contribution in [0.1, 0.15) is 13.3 Å². The minimum atomic E-state index is -0.314. The zero-order valence-corrected chi connectivity index (χ0v) is 8.29. The molecule has 1 aliphatic heterocycles. The molecule has 0 aromatic carbocycles. The van der Waals surface area contributed by atoms with E-state index >= 15 is 0 Å². The molecule has 0 bridgehead atoms. The summed E-state index contributed by atoms with van der Waals surface area (Å²) in [7, 11) is 1.84. The van der Waals surface area contributed by atoms with Gasteiger partial charge < -0.3 is 15.3 Å². The van der Waals surface area contributed by atoms with Gasteiger partial charge in [0.2, 0.25) is 5.91 Å². The van der Waals surface area contributed by atoms with Gasteiger partial charge >= 0.3 is 0 Å². The number of carbonyl (C=O) groups is 1. The second-order valence-corrected chi connectivity index (χ2v) is 3.69. The molecule has 1 saturated heterocycles. The normalized spacial score (nSPS) is 24.8. The van der Waals surface area contributed by atoms with Gasteiger partial charge in [-0.3, -0.25) is 4.79 Å². The van der Waals surface area contributed by atoms with E-state index in [9.17, 15) is 9.90 Å². The van der Waals surface area contributed by atoms with Crippen molar-refractivity contribution in [2.75, 3.05) is 26.7 Å². The van der Waals surface area contributed by atoms with E-state index in [1.54, 1.807) is 4.90 Å². The van der Waals surface area contributed by atoms with E-state index < -0.39 is 0 Å². The second-order valence-electron chi connectivity index (χ2n) is 3.69. The molecule has 0 aromatic rings.